The summed E-state index contributed by atoms with van der Waals surface area (Å²) in [7, 11) is -12.1. The Labute approximate surface area is 273 Å². The van der Waals surface area contributed by atoms with Gasteiger partial charge in [0.25, 0.3) is 31.5 Å². The maximum Gasteiger partial charge on any atom is 0.461 e. The van der Waals surface area contributed by atoms with Gasteiger partial charge in [-0.25, -0.2) is 29.9 Å². The summed E-state index contributed by atoms with van der Waals surface area (Å²) < 4.78 is 45.0. The third-order valence-corrected chi connectivity index (χ3v) is 15.3. The molecule has 6 aromatic rings. The summed E-state index contributed by atoms with van der Waals surface area (Å²) in [5.74, 6) is 1.18. The number of fused-ring (bicyclic) bond motifs is 9. The summed E-state index contributed by atoms with van der Waals surface area (Å²) in [5, 5.41) is 0. The van der Waals surface area contributed by atoms with Gasteiger partial charge in [-0.05, 0) is 77.3 Å². The number of aromatic nitrogens is 6. The van der Waals surface area contributed by atoms with Crippen molar-refractivity contribution in [3.63, 3.8) is 0 Å². The fourth-order valence-electron chi connectivity index (χ4n) is 5.44. The molecule has 18 heteroatoms. The van der Waals surface area contributed by atoms with Gasteiger partial charge < -0.3 is 23.0 Å². The number of pyridine rings is 6. The Bertz CT molecular complexity index is 2200. The van der Waals surface area contributed by atoms with E-state index in [1.165, 1.54) is 0 Å². The highest BCUT2D eigenvalue weighted by Crippen LogP contribution is 2.96. The highest BCUT2D eigenvalue weighted by molar-refractivity contribution is 7.99. The lowest BCUT2D eigenvalue weighted by Crippen LogP contribution is -2.19. The van der Waals surface area contributed by atoms with Crippen LogP contribution in [0.1, 0.15) is 0 Å². The zero-order valence-corrected chi connectivity index (χ0v) is 26.9. The molecule has 0 saturated carbocycles. The molecule has 0 saturated heterocycles. The first-order valence-corrected chi connectivity index (χ1v) is 19.0. The van der Waals surface area contributed by atoms with Crippen molar-refractivity contribution in [1.82, 2.24) is 29.9 Å². The molecule has 0 radical (unpaired) electrons. The first kappa shape index (κ1) is 27.8. The molecule has 10 rings (SSSR count). The molecular weight excluding hydrogens is 675 g/mol. The van der Waals surface area contributed by atoms with Crippen LogP contribution in [-0.2, 0) is 0 Å². The van der Waals surface area contributed by atoms with Gasteiger partial charge in [-0.2, -0.15) is 4.86 Å². The second kappa shape index (κ2) is 10.4. The third kappa shape index (κ3) is 4.41. The van der Waals surface area contributed by atoms with Gasteiger partial charge in [0, 0.05) is 48.3 Å². The quantitative estimate of drug-likeness (QED) is 0.139. The van der Waals surface area contributed by atoms with Crippen LogP contribution in [0.3, 0.4) is 0 Å². The monoisotopic (exact) mass is 693 g/mol. The molecule has 4 aliphatic heterocycles. The van der Waals surface area contributed by atoms with E-state index < -0.39 is 23.7 Å². The maximum absolute atomic E-state index is 6.65. The fourth-order valence-corrected chi connectivity index (χ4v) is 14.4. The molecule has 6 aromatic heterocycles. The van der Waals surface area contributed by atoms with Crippen molar-refractivity contribution < 1.29 is 27.1 Å². The van der Waals surface area contributed by atoms with E-state index in [4.69, 9.17) is 41.4 Å². The third-order valence-electron chi connectivity index (χ3n) is 7.41. The van der Waals surface area contributed by atoms with Crippen molar-refractivity contribution in [2.45, 2.75) is 0 Å². The molecule has 0 unspecified atom stereocenters. The summed E-state index contributed by atoms with van der Waals surface area (Å²) in [6.07, 6.45) is 9.58. The van der Waals surface area contributed by atoms with Crippen LogP contribution in [0.2, 0.25) is 0 Å². The Morgan fingerprint density at radius 3 is 1.17 bits per heavy atom. The molecule has 15 nitrogen and oxygen atoms in total. The summed E-state index contributed by atoms with van der Waals surface area (Å²) in [6, 6.07) is 21.8. The Kier molecular flexibility index (Phi) is 5.99. The molecule has 3 spiro atoms. The van der Waals surface area contributed by atoms with Gasteiger partial charge in [0.05, 0.1) is 22.3 Å². The van der Waals surface area contributed by atoms with E-state index in [-0.39, 0.29) is 35.3 Å². The van der Waals surface area contributed by atoms with E-state index in [0.717, 1.165) is 0 Å². The van der Waals surface area contributed by atoms with E-state index in [2.05, 4.69) is 29.9 Å². The lowest BCUT2D eigenvalue weighted by Gasteiger charge is -2.47. The lowest BCUT2D eigenvalue weighted by molar-refractivity contribution is 0.437. The van der Waals surface area contributed by atoms with Crippen molar-refractivity contribution in [2.24, 2.45) is 4.52 Å². The zero-order chi connectivity index (χ0) is 31.8. The van der Waals surface area contributed by atoms with Gasteiger partial charge in [-0.1, -0.05) is 0 Å². The molecule has 0 aliphatic carbocycles. The molecule has 0 N–H and O–H groups in total. The van der Waals surface area contributed by atoms with Gasteiger partial charge in [-0.3, -0.25) is 9.05 Å². The molecule has 10 heterocycles. The van der Waals surface area contributed by atoms with Crippen molar-refractivity contribution in [3.05, 3.63) is 120 Å². The van der Waals surface area contributed by atoms with Crippen LogP contribution in [0.15, 0.2) is 114 Å². The molecular formula is C30H18N9O6P3. The van der Waals surface area contributed by atoms with Crippen molar-refractivity contribution in [2.75, 3.05) is 0 Å². The van der Waals surface area contributed by atoms with Gasteiger partial charge in [0.1, 0.15) is 0 Å². The van der Waals surface area contributed by atoms with Crippen LogP contribution in [0.4, 0.5) is 0 Å². The summed E-state index contributed by atoms with van der Waals surface area (Å²) in [4.78, 5) is 37.3. The number of hydrogen-bond donors (Lipinski definition) is 0. The highest BCUT2D eigenvalue weighted by atomic mass is 31.3. The van der Waals surface area contributed by atoms with Crippen LogP contribution in [0, 0.1) is 0 Å². The normalized spacial score (nSPS) is 17.8. The van der Waals surface area contributed by atoms with Crippen LogP contribution in [0.25, 0.3) is 43.1 Å². The minimum atomic E-state index is -4.03. The molecule has 0 bridgehead atoms. The average molecular weight is 693 g/mol. The molecule has 0 amide bonds. The first-order chi connectivity index (χ1) is 23.6. The van der Waals surface area contributed by atoms with Gasteiger partial charge in [-0.15, -0.1) is 0 Å². The highest BCUT2D eigenvalue weighted by Gasteiger charge is 2.60. The predicted octanol–water partition coefficient (Wildman–Crippen LogP) is 8.83. The van der Waals surface area contributed by atoms with Crippen LogP contribution in [0.5, 0.6) is 35.3 Å². The molecule has 4 aliphatic rings. The van der Waals surface area contributed by atoms with Gasteiger partial charge in [0.15, 0.2) is 0 Å². The number of hydrogen-bond acceptors (Lipinski definition) is 13. The summed E-state index contributed by atoms with van der Waals surface area (Å²) in [5.41, 5.74) is 3.71. The van der Waals surface area contributed by atoms with Crippen LogP contribution >= 0.6 is 23.7 Å². The second-order valence-electron chi connectivity index (χ2n) is 10.4. The van der Waals surface area contributed by atoms with Crippen LogP contribution < -0.4 is 27.1 Å². The SMILES string of the molecule is c1cnc2c(c1)-c1cccnc1OP1(=N[P+]3([N-][P+]4([N-]1)Oc1ncccc1-c1cccnc1O4)Oc1ncccc1-c1cccnc1O3)O2. The lowest BCUT2D eigenvalue weighted by atomic mass is 10.1. The Morgan fingerprint density at radius 1 is 0.438 bits per heavy atom. The standard InChI is InChI=1S/C30H18N9O6P3/c1-7-19-20-8-2-14-32-26(20)41-46(40-25(19)31-13-1)37-47(42-27-21(9-3-15-33-27)22-10-4-16-34-28(22)43-47)39-48(38-46)44-29-23(11-5-17-35-29)24-12-6-18-36-30(24)45-48/h1-18H. The maximum atomic E-state index is 6.65. The summed E-state index contributed by atoms with van der Waals surface area (Å²) >= 11 is 0. The minimum Gasteiger partial charge on any atom is -0.420 e. The zero-order valence-electron chi connectivity index (χ0n) is 24.2. The number of nitrogens with zero attached hydrogens (tertiary/aromatic N) is 9. The molecule has 0 aromatic carbocycles. The van der Waals surface area contributed by atoms with E-state index in [0.29, 0.717) is 33.4 Å². The van der Waals surface area contributed by atoms with Crippen molar-refractivity contribution in [3.8, 4) is 68.7 Å². The molecule has 0 fully saturated rings. The Balaban J connectivity index is 1.25. The average Bonchev–Trinajstić information content (AvgIpc) is 3.38. The first-order valence-electron chi connectivity index (χ1n) is 14.4. The van der Waals surface area contributed by atoms with E-state index in [1.807, 2.05) is 36.4 Å². The Hall–Kier alpha value is -5.29. The van der Waals surface area contributed by atoms with E-state index >= 15 is 0 Å². The van der Waals surface area contributed by atoms with E-state index in [1.54, 1.807) is 73.6 Å². The number of rotatable bonds is 0. The van der Waals surface area contributed by atoms with Gasteiger partial charge >= 0.3 is 15.7 Å². The van der Waals surface area contributed by atoms with E-state index in [9.17, 15) is 0 Å². The summed E-state index contributed by atoms with van der Waals surface area (Å²) in [6.45, 7) is 0. The van der Waals surface area contributed by atoms with Gasteiger partial charge in [0.2, 0.25) is 11.8 Å². The predicted molar refractivity (Wildman–Crippen MR) is 176 cm³/mol. The fraction of sp³-hybridized carbons (Fsp3) is 0. The van der Waals surface area contributed by atoms with Crippen LogP contribution in [-0.4, -0.2) is 29.9 Å². The largest absolute Gasteiger partial charge is 0.461 e. The Morgan fingerprint density at radius 2 is 0.771 bits per heavy atom. The van der Waals surface area contributed by atoms with Crippen molar-refractivity contribution >= 4 is 23.7 Å². The van der Waals surface area contributed by atoms with Crippen molar-refractivity contribution in [1.29, 1.82) is 0 Å². The second-order valence-corrected chi connectivity index (χ2v) is 16.6. The molecule has 0 atom stereocenters. The smallest absolute Gasteiger partial charge is 0.420 e. The molecule has 234 valence electrons. The topological polar surface area (TPSA) is 173 Å². The molecule has 48 heavy (non-hydrogen) atoms. The minimum absolute atomic E-state index is 0.196.